The Morgan fingerprint density at radius 1 is 0.500 bits per heavy atom. The summed E-state index contributed by atoms with van der Waals surface area (Å²) in [6.07, 6.45) is -5.53. The number of para-hydroxylation sites is 2. The molecule has 16 nitrogen and oxygen atoms in total. The number of carbonyl (C=O) groups is 3. The van der Waals surface area contributed by atoms with Crippen molar-refractivity contribution in [3.05, 3.63) is 286 Å². The topological polar surface area (TPSA) is 201 Å². The van der Waals surface area contributed by atoms with Gasteiger partial charge in [-0.15, -0.1) is 12.4 Å². The normalized spacial score (nSPS) is 13.5. The number of nitrogens with two attached hydrogens (primary N) is 1. The molecular formula is C77H77ClF6N10O6. The molecule has 2 aliphatic rings. The summed E-state index contributed by atoms with van der Waals surface area (Å²) in [7, 11) is 0. The van der Waals surface area contributed by atoms with Gasteiger partial charge in [-0.05, 0) is 165 Å². The van der Waals surface area contributed by atoms with Gasteiger partial charge >= 0.3 is 18.4 Å². The Morgan fingerprint density at radius 3 is 1.32 bits per heavy atom. The maximum absolute atomic E-state index is 13.9. The van der Waals surface area contributed by atoms with Crippen LogP contribution in [0, 0.1) is 11.8 Å². The molecule has 2 unspecified atom stereocenters. The van der Waals surface area contributed by atoms with E-state index in [0.29, 0.717) is 59.0 Å². The fourth-order valence-electron chi connectivity index (χ4n) is 11.0. The number of hydrogen-bond acceptors (Lipinski definition) is 11. The number of anilines is 2. The molecule has 0 radical (unpaired) electrons. The Morgan fingerprint density at radius 2 is 0.900 bits per heavy atom. The number of alkyl carbamates (subject to hydrolysis) is 1. The smallest absolute Gasteiger partial charge is 0.435 e. The minimum atomic E-state index is -4.80. The number of aromatic nitrogens is 4. The van der Waals surface area contributed by atoms with Crippen LogP contribution < -0.4 is 41.8 Å². The van der Waals surface area contributed by atoms with E-state index in [4.69, 9.17) is 19.9 Å². The Kier molecular flexibility index (Phi) is 23.6. The number of hydrogen-bond donors (Lipinski definition) is 6. The highest BCUT2D eigenvalue weighted by Crippen LogP contribution is 2.38. The molecule has 0 bridgehead atoms. The average Bonchev–Trinajstić information content (AvgIpc) is 1.62. The second-order valence-electron chi connectivity index (χ2n) is 25.4. The first-order valence-electron chi connectivity index (χ1n) is 32.6. The molecule has 2 aromatic heterocycles. The van der Waals surface area contributed by atoms with Crippen molar-refractivity contribution < 1.29 is 54.9 Å². The summed E-state index contributed by atoms with van der Waals surface area (Å²) in [5.41, 5.74) is 10.3. The molecule has 0 saturated heterocycles. The lowest BCUT2D eigenvalue weighted by molar-refractivity contribution is -0.142. The standard InChI is InChI=1S/C41H42F3N5O4.C36H34F3N5O2.ClH/c1-40(2,3)53-39(51)46-25-29-13-9-16-32(21-29)49-34(23-36(48-49)41(42,43)44)38(50)47-31-15-10-14-30(22-31)37(45-24-27-19-20-27)33-17-7-8-18-35(33)52-26-28-11-5-4-6-12-28;37-36(38,39)33-20-31(44(43-33)29-13-6-10-26(18-29)21-40)35(45)42-28-12-7-11-27(19-28)34(41-22-24-16-17-24)30-14-4-5-15-32(30)46-23-25-8-2-1-3-9-25;/h4-18,21-23,27,37,45H,19-20,24-26H2,1-3H3,(H,46,51)(H,47,50);1-15,18-20,24,34,41H,16-17,21-23,40H2,(H,42,45);1H. The number of nitrogens with one attached hydrogen (secondary N) is 5. The van der Waals surface area contributed by atoms with Gasteiger partial charge in [-0.3, -0.25) is 9.59 Å². The third kappa shape index (κ3) is 20.0. The van der Waals surface area contributed by atoms with Gasteiger partial charge in [0.25, 0.3) is 11.8 Å². The van der Waals surface area contributed by atoms with E-state index in [1.807, 2.05) is 140 Å². The molecule has 7 N–H and O–H groups in total. The zero-order chi connectivity index (χ0) is 69.7. The molecule has 2 saturated carbocycles. The summed E-state index contributed by atoms with van der Waals surface area (Å²) in [5, 5.41) is 23.1. The first-order valence-corrected chi connectivity index (χ1v) is 32.6. The fourth-order valence-corrected chi connectivity index (χ4v) is 11.0. The minimum Gasteiger partial charge on any atom is -0.489 e. The van der Waals surface area contributed by atoms with Crippen LogP contribution in [-0.4, -0.2) is 56.2 Å². The van der Waals surface area contributed by atoms with E-state index in [2.05, 4.69) is 36.8 Å². The number of nitrogens with zero attached hydrogens (tertiary/aromatic N) is 4. The fraction of sp³-hybridized carbons (Fsp3) is 0.260. The first-order chi connectivity index (χ1) is 47.6. The van der Waals surface area contributed by atoms with E-state index in [0.717, 1.165) is 86.6 Å². The lowest BCUT2D eigenvalue weighted by Crippen LogP contribution is -2.32. The molecule has 3 amide bonds. The zero-order valence-corrected chi connectivity index (χ0v) is 56.0. The largest absolute Gasteiger partial charge is 0.489 e. The third-order valence-corrected chi connectivity index (χ3v) is 16.4. The SMILES string of the molecule is CC(C)(C)OC(=O)NCc1cccc(-n2nc(C(F)(F)F)cc2C(=O)Nc2cccc(C(NCC3CC3)c3ccccc3OCc3ccccc3)c2)c1.Cl.NCc1cccc(-n2nc(C(F)(F)F)cc2C(=O)Nc2cccc(C(NCC3CC3)c3ccccc3OCc3ccccc3)c2)c1. The zero-order valence-electron chi connectivity index (χ0n) is 55.2. The molecule has 23 heteroatoms. The van der Waals surface area contributed by atoms with Gasteiger partial charge in [0.15, 0.2) is 11.4 Å². The van der Waals surface area contributed by atoms with E-state index in [1.54, 1.807) is 81.4 Å². The number of rotatable bonds is 25. The summed E-state index contributed by atoms with van der Waals surface area (Å²) in [5.74, 6) is 1.11. The van der Waals surface area contributed by atoms with Crippen LogP contribution in [-0.2, 0) is 43.4 Å². The number of alkyl halides is 6. The molecule has 12 rings (SSSR count). The van der Waals surface area contributed by atoms with Gasteiger partial charge in [0.1, 0.15) is 41.7 Å². The number of halogens is 7. The van der Waals surface area contributed by atoms with Gasteiger partial charge in [0.2, 0.25) is 0 Å². The molecule has 2 heterocycles. The highest BCUT2D eigenvalue weighted by molar-refractivity contribution is 6.04. The molecule has 2 atom stereocenters. The van der Waals surface area contributed by atoms with E-state index in [9.17, 15) is 40.7 Å². The van der Waals surface area contributed by atoms with E-state index in [-0.39, 0.29) is 54.7 Å². The van der Waals surface area contributed by atoms with Crippen molar-refractivity contribution in [3.63, 3.8) is 0 Å². The third-order valence-electron chi connectivity index (χ3n) is 16.4. The Balaban J connectivity index is 0.000000216. The van der Waals surface area contributed by atoms with Crippen LogP contribution >= 0.6 is 12.4 Å². The molecule has 0 spiro atoms. The van der Waals surface area contributed by atoms with E-state index < -0.39 is 47.2 Å². The van der Waals surface area contributed by atoms with Crippen LogP contribution in [0.4, 0.5) is 42.5 Å². The molecule has 2 aliphatic carbocycles. The van der Waals surface area contributed by atoms with Crippen LogP contribution in [0.3, 0.4) is 0 Å². The monoisotopic (exact) mass is 1390 g/mol. The molecule has 10 aromatic rings. The van der Waals surface area contributed by atoms with Crippen molar-refractivity contribution in [3.8, 4) is 22.9 Å². The summed E-state index contributed by atoms with van der Waals surface area (Å²) in [4.78, 5) is 39.5. The predicted octanol–water partition coefficient (Wildman–Crippen LogP) is 16.5. The quantitative estimate of drug-likeness (QED) is 0.0297. The van der Waals surface area contributed by atoms with Crippen molar-refractivity contribution in [2.24, 2.45) is 17.6 Å². The van der Waals surface area contributed by atoms with Crippen molar-refractivity contribution in [1.82, 2.24) is 35.5 Å². The van der Waals surface area contributed by atoms with Crippen molar-refractivity contribution >= 4 is 41.7 Å². The molecule has 100 heavy (non-hydrogen) atoms. The van der Waals surface area contributed by atoms with Crippen LogP contribution in [0.5, 0.6) is 11.5 Å². The Hall–Kier alpha value is -10.3. The van der Waals surface area contributed by atoms with Gasteiger partial charge in [-0.25, -0.2) is 14.2 Å². The van der Waals surface area contributed by atoms with Crippen LogP contribution in [0.15, 0.2) is 218 Å². The van der Waals surface area contributed by atoms with E-state index in [1.165, 1.54) is 18.9 Å². The number of carbonyl (C=O) groups excluding carboxylic acids is 3. The second kappa shape index (κ2) is 32.6. The van der Waals surface area contributed by atoms with Crippen LogP contribution in [0.1, 0.15) is 135 Å². The molecule has 8 aromatic carbocycles. The maximum Gasteiger partial charge on any atom is 0.435 e. The highest BCUT2D eigenvalue weighted by atomic mass is 35.5. The van der Waals surface area contributed by atoms with E-state index >= 15 is 0 Å². The Bertz CT molecular complexity index is 4400. The van der Waals surface area contributed by atoms with Crippen LogP contribution in [0.2, 0.25) is 0 Å². The average molecular weight is 1390 g/mol. The summed E-state index contributed by atoms with van der Waals surface area (Å²) < 4.78 is 103. The van der Waals surface area contributed by atoms with Crippen LogP contribution in [0.25, 0.3) is 11.4 Å². The molecule has 2 fully saturated rings. The van der Waals surface area contributed by atoms with Gasteiger partial charge in [-0.1, -0.05) is 146 Å². The Labute approximate surface area is 582 Å². The van der Waals surface area contributed by atoms with Gasteiger partial charge in [-0.2, -0.15) is 36.5 Å². The predicted molar refractivity (Wildman–Crippen MR) is 374 cm³/mol. The number of amides is 3. The minimum absolute atomic E-state index is 0. The van der Waals surface area contributed by atoms with Gasteiger partial charge in [0.05, 0.1) is 23.5 Å². The van der Waals surface area contributed by atoms with Crippen molar-refractivity contribution in [2.75, 3.05) is 23.7 Å². The highest BCUT2D eigenvalue weighted by Gasteiger charge is 2.38. The molecule has 0 aliphatic heterocycles. The first kappa shape index (κ1) is 72.5. The lowest BCUT2D eigenvalue weighted by atomic mass is 9.97. The van der Waals surface area contributed by atoms with Crippen molar-refractivity contribution in [1.29, 1.82) is 0 Å². The number of ether oxygens (including phenoxy) is 3. The second-order valence-corrected chi connectivity index (χ2v) is 25.4. The molecular weight excluding hydrogens is 1310 g/mol. The maximum atomic E-state index is 13.9. The number of benzene rings is 8. The van der Waals surface area contributed by atoms with Crippen molar-refractivity contribution in [2.45, 2.75) is 103 Å². The summed E-state index contributed by atoms with van der Waals surface area (Å²) >= 11 is 0. The summed E-state index contributed by atoms with van der Waals surface area (Å²) in [6.45, 7) is 7.84. The molecule has 520 valence electrons. The van der Waals surface area contributed by atoms with Gasteiger partial charge < -0.3 is 46.5 Å². The lowest BCUT2D eigenvalue weighted by Gasteiger charge is -2.23. The van der Waals surface area contributed by atoms with Gasteiger partial charge in [0, 0.05) is 47.7 Å². The summed E-state index contributed by atoms with van der Waals surface area (Å²) in [6, 6.07) is 63.9.